The summed E-state index contributed by atoms with van der Waals surface area (Å²) in [7, 11) is -10.4. The number of nitrogens with zero attached hydrogens (tertiary/aromatic N) is 2. The number of aliphatic hydroxyl groups excluding tert-OH is 2. The SMILES string of the molecule is CSc1ccn([C@@H]2O[C@H](COP(=O)(O)OP(=O)(O)O)[C@@H](O)[C@H]2O)c(=O)n1. The lowest BCUT2D eigenvalue weighted by Crippen LogP contribution is -2.36. The number of thioether (sulfide) groups is 1. The van der Waals surface area contributed by atoms with E-state index in [-0.39, 0.29) is 0 Å². The Balaban J connectivity index is 2.09. The van der Waals surface area contributed by atoms with Gasteiger partial charge < -0.3 is 29.6 Å². The summed E-state index contributed by atoms with van der Waals surface area (Å²) >= 11 is 1.22. The molecule has 148 valence electrons. The highest BCUT2D eigenvalue weighted by molar-refractivity contribution is 7.98. The van der Waals surface area contributed by atoms with E-state index in [1.807, 2.05) is 0 Å². The number of aliphatic hydroxyl groups is 2. The average Bonchev–Trinajstić information content (AvgIpc) is 2.79. The molecule has 0 amide bonds. The lowest BCUT2D eigenvalue weighted by atomic mass is 10.1. The molecule has 1 fully saturated rings. The summed E-state index contributed by atoms with van der Waals surface area (Å²) in [5, 5.41) is 20.4. The second-order valence-corrected chi connectivity index (χ2v) is 8.70. The number of phosphoric acid groups is 2. The molecule has 0 aromatic carbocycles. The Morgan fingerprint density at radius 3 is 2.50 bits per heavy atom. The number of phosphoric ester groups is 1. The molecule has 1 aliphatic heterocycles. The van der Waals surface area contributed by atoms with Crippen molar-refractivity contribution < 1.29 is 47.6 Å². The molecule has 0 spiro atoms. The molecular formula is C10H16N2O11P2S. The van der Waals surface area contributed by atoms with Gasteiger partial charge in [0.25, 0.3) is 0 Å². The quantitative estimate of drug-likeness (QED) is 0.195. The van der Waals surface area contributed by atoms with Crippen LogP contribution in [0.2, 0.25) is 0 Å². The van der Waals surface area contributed by atoms with Crippen LogP contribution in [-0.2, 0) is 22.7 Å². The van der Waals surface area contributed by atoms with E-state index in [9.17, 15) is 29.0 Å². The van der Waals surface area contributed by atoms with E-state index in [4.69, 9.17) is 14.5 Å². The summed E-state index contributed by atoms with van der Waals surface area (Å²) in [6.07, 6.45) is -2.96. The first-order chi connectivity index (χ1) is 11.9. The van der Waals surface area contributed by atoms with Crippen molar-refractivity contribution in [2.75, 3.05) is 12.9 Å². The van der Waals surface area contributed by atoms with Crippen molar-refractivity contribution in [1.82, 2.24) is 9.55 Å². The zero-order valence-corrected chi connectivity index (χ0v) is 15.7. The van der Waals surface area contributed by atoms with Crippen LogP contribution in [0.4, 0.5) is 0 Å². The molecule has 13 nitrogen and oxygen atoms in total. The first-order valence-corrected chi connectivity index (χ1v) is 11.1. The van der Waals surface area contributed by atoms with Crippen LogP contribution in [0.25, 0.3) is 0 Å². The molecule has 0 bridgehead atoms. The van der Waals surface area contributed by atoms with Crippen LogP contribution in [0, 0.1) is 0 Å². The van der Waals surface area contributed by atoms with Gasteiger partial charge in [0.05, 0.1) is 6.61 Å². The maximum Gasteiger partial charge on any atom is 0.481 e. The van der Waals surface area contributed by atoms with Gasteiger partial charge in [0.1, 0.15) is 23.3 Å². The molecule has 2 heterocycles. The molecule has 1 saturated heterocycles. The Kier molecular flexibility index (Phi) is 6.81. The van der Waals surface area contributed by atoms with Crippen LogP contribution in [-0.4, -0.2) is 65.6 Å². The van der Waals surface area contributed by atoms with Crippen molar-refractivity contribution in [2.45, 2.75) is 29.6 Å². The molecule has 5 N–H and O–H groups in total. The Morgan fingerprint density at radius 1 is 1.31 bits per heavy atom. The minimum Gasteiger partial charge on any atom is -0.387 e. The third-order valence-corrected chi connectivity index (χ3v) is 6.03. The van der Waals surface area contributed by atoms with E-state index in [2.05, 4.69) is 13.8 Å². The van der Waals surface area contributed by atoms with Crippen molar-refractivity contribution in [3.05, 3.63) is 22.7 Å². The van der Waals surface area contributed by atoms with Gasteiger partial charge in [-0.25, -0.2) is 13.9 Å². The third kappa shape index (κ3) is 5.44. The summed E-state index contributed by atoms with van der Waals surface area (Å²) in [5.74, 6) is 0. The monoisotopic (exact) mass is 434 g/mol. The molecule has 1 aliphatic rings. The highest BCUT2D eigenvalue weighted by Crippen LogP contribution is 2.57. The summed E-state index contributed by atoms with van der Waals surface area (Å²) in [6, 6.07) is 1.48. The van der Waals surface area contributed by atoms with E-state index in [1.54, 1.807) is 6.26 Å². The van der Waals surface area contributed by atoms with E-state index >= 15 is 0 Å². The van der Waals surface area contributed by atoms with Gasteiger partial charge in [0.15, 0.2) is 6.23 Å². The fraction of sp³-hybridized carbons (Fsp3) is 0.600. The number of ether oxygens (including phenoxy) is 1. The van der Waals surface area contributed by atoms with Crippen LogP contribution in [0.3, 0.4) is 0 Å². The van der Waals surface area contributed by atoms with Crippen molar-refractivity contribution in [3.8, 4) is 0 Å². The Morgan fingerprint density at radius 2 is 1.96 bits per heavy atom. The Hall–Kier alpha value is -0.630. The van der Waals surface area contributed by atoms with Crippen molar-refractivity contribution in [3.63, 3.8) is 0 Å². The molecule has 1 aromatic rings. The first kappa shape index (κ1) is 21.7. The van der Waals surface area contributed by atoms with Crippen LogP contribution < -0.4 is 5.69 Å². The Labute approximate surface area is 150 Å². The molecule has 0 aliphatic carbocycles. The molecule has 16 heteroatoms. The second kappa shape index (κ2) is 8.17. The molecule has 2 rings (SSSR count). The minimum atomic E-state index is -5.30. The number of hydrogen-bond acceptors (Lipinski definition) is 10. The van der Waals surface area contributed by atoms with Gasteiger partial charge in [-0.1, -0.05) is 0 Å². The van der Waals surface area contributed by atoms with Crippen molar-refractivity contribution in [2.24, 2.45) is 0 Å². The van der Waals surface area contributed by atoms with Crippen molar-refractivity contribution >= 4 is 27.4 Å². The van der Waals surface area contributed by atoms with Gasteiger partial charge in [-0.15, -0.1) is 11.8 Å². The van der Waals surface area contributed by atoms with E-state index in [0.717, 1.165) is 4.57 Å². The maximum absolute atomic E-state index is 12.0. The molecule has 1 unspecified atom stereocenters. The highest BCUT2D eigenvalue weighted by Gasteiger charge is 2.45. The lowest BCUT2D eigenvalue weighted by molar-refractivity contribution is -0.0543. The summed E-state index contributed by atoms with van der Waals surface area (Å²) in [6.45, 7) is -0.854. The molecule has 26 heavy (non-hydrogen) atoms. The number of aromatic nitrogens is 2. The van der Waals surface area contributed by atoms with Crippen LogP contribution in [0.15, 0.2) is 22.1 Å². The van der Waals surface area contributed by atoms with Crippen LogP contribution in [0.1, 0.15) is 6.23 Å². The van der Waals surface area contributed by atoms with Crippen LogP contribution in [0.5, 0.6) is 0 Å². The van der Waals surface area contributed by atoms with E-state index in [0.29, 0.717) is 5.03 Å². The van der Waals surface area contributed by atoms with E-state index in [1.165, 1.54) is 24.0 Å². The topological polar surface area (TPSA) is 198 Å². The highest BCUT2D eigenvalue weighted by atomic mass is 32.2. The first-order valence-electron chi connectivity index (χ1n) is 6.82. The van der Waals surface area contributed by atoms with Crippen LogP contribution >= 0.6 is 27.4 Å². The fourth-order valence-electron chi connectivity index (χ4n) is 2.13. The average molecular weight is 434 g/mol. The molecular weight excluding hydrogens is 418 g/mol. The molecule has 0 radical (unpaired) electrons. The molecule has 5 atom stereocenters. The molecule has 1 aromatic heterocycles. The standard InChI is InChI=1S/C10H16N2O11P2S/c1-26-6-2-3-12(10(15)11-6)9-8(14)7(13)5(22-9)4-21-25(19,20)23-24(16,17)18/h2-3,5,7-9,13-14H,4H2,1H3,(H,19,20)(H2,16,17,18)/t5-,7-,8-,9-/m1/s1. The van der Waals surface area contributed by atoms with E-state index < -0.39 is 52.5 Å². The number of rotatable bonds is 7. The van der Waals surface area contributed by atoms with Gasteiger partial charge >= 0.3 is 21.3 Å². The predicted octanol–water partition coefficient (Wildman–Crippen LogP) is -1.19. The van der Waals surface area contributed by atoms with Gasteiger partial charge in [-0.05, 0) is 12.3 Å². The minimum absolute atomic E-state index is 0.426. The largest absolute Gasteiger partial charge is 0.481 e. The zero-order chi connectivity index (χ0) is 19.7. The smallest absolute Gasteiger partial charge is 0.387 e. The summed E-state index contributed by atoms with van der Waals surface area (Å²) in [5.41, 5.74) is -0.757. The van der Waals surface area contributed by atoms with Crippen molar-refractivity contribution in [1.29, 1.82) is 0 Å². The number of hydrogen-bond donors (Lipinski definition) is 5. The predicted molar refractivity (Wildman–Crippen MR) is 85.1 cm³/mol. The lowest BCUT2D eigenvalue weighted by Gasteiger charge is -2.18. The van der Waals surface area contributed by atoms with Gasteiger partial charge in [0.2, 0.25) is 0 Å². The maximum atomic E-state index is 12.0. The molecule has 0 saturated carbocycles. The normalized spacial score (nSPS) is 28.8. The van der Waals surface area contributed by atoms with Gasteiger partial charge in [0, 0.05) is 6.20 Å². The summed E-state index contributed by atoms with van der Waals surface area (Å²) in [4.78, 5) is 41.9. The third-order valence-electron chi connectivity index (χ3n) is 3.24. The fourth-order valence-corrected chi connectivity index (χ4v) is 4.09. The summed E-state index contributed by atoms with van der Waals surface area (Å²) < 4.78 is 36.1. The zero-order valence-electron chi connectivity index (χ0n) is 13.1. The second-order valence-electron chi connectivity index (χ2n) is 5.04. The van der Waals surface area contributed by atoms with Gasteiger partial charge in [-0.2, -0.15) is 9.29 Å². The van der Waals surface area contributed by atoms with Gasteiger partial charge in [-0.3, -0.25) is 9.09 Å². The Bertz CT molecular complexity index is 797.